The van der Waals surface area contributed by atoms with Gasteiger partial charge in [-0.25, -0.2) is 0 Å². The van der Waals surface area contributed by atoms with E-state index < -0.39 is 0 Å². The van der Waals surface area contributed by atoms with Crippen LogP contribution >= 0.6 is 15.9 Å². The van der Waals surface area contributed by atoms with Gasteiger partial charge in [-0.1, -0.05) is 76.6 Å². The van der Waals surface area contributed by atoms with Crippen LogP contribution in [0.2, 0.25) is 0 Å². The molecule has 1 unspecified atom stereocenters. The molecule has 0 saturated carbocycles. The number of allylic oxidation sites excluding steroid dienone is 1. The average Bonchev–Trinajstić information content (AvgIpc) is 2.63. The molecule has 0 bridgehead atoms. The van der Waals surface area contributed by atoms with Crippen LogP contribution in [-0.2, 0) is 6.42 Å². The molecule has 0 fully saturated rings. The van der Waals surface area contributed by atoms with Crippen molar-refractivity contribution in [3.05, 3.63) is 76.0 Å². The molecule has 0 radical (unpaired) electrons. The summed E-state index contributed by atoms with van der Waals surface area (Å²) < 4.78 is 0. The molecular weight excluding hydrogens is 324 g/mol. The number of hydrogen-bond acceptors (Lipinski definition) is 1. The third-order valence-electron chi connectivity index (χ3n) is 4.15. The first-order valence-corrected chi connectivity index (χ1v) is 7.96. The fourth-order valence-corrected chi connectivity index (χ4v) is 3.65. The van der Waals surface area contributed by atoms with Crippen molar-refractivity contribution in [3.8, 4) is 0 Å². The summed E-state index contributed by atoms with van der Waals surface area (Å²) in [7, 11) is 0. The zero-order valence-electron chi connectivity index (χ0n) is 11.3. The molecule has 0 spiro atoms. The molecule has 0 aromatic heterocycles. The zero-order valence-corrected chi connectivity index (χ0v) is 12.9. The number of hydrogen-bond donors (Lipinski definition) is 0. The molecule has 1 aliphatic carbocycles. The monoisotopic (exact) mass is 336 g/mol. The van der Waals surface area contributed by atoms with Gasteiger partial charge in [0.2, 0.25) is 0 Å². The second-order valence-corrected chi connectivity index (χ2v) is 6.57. The van der Waals surface area contributed by atoms with Crippen LogP contribution in [0.4, 0.5) is 0 Å². The summed E-state index contributed by atoms with van der Waals surface area (Å²) in [4.78, 5) is 13.2. The molecule has 0 saturated heterocycles. The van der Waals surface area contributed by atoms with Crippen LogP contribution < -0.4 is 5.43 Å². The Hall–Kier alpha value is -1.93. The molecule has 1 aliphatic rings. The maximum atomic E-state index is 13.0. The van der Waals surface area contributed by atoms with Gasteiger partial charge in [0.25, 0.3) is 0 Å². The van der Waals surface area contributed by atoms with E-state index in [-0.39, 0.29) is 10.3 Å². The van der Waals surface area contributed by atoms with Crippen molar-refractivity contribution < 1.29 is 0 Å². The van der Waals surface area contributed by atoms with E-state index in [1.165, 1.54) is 0 Å². The summed E-state index contributed by atoms with van der Waals surface area (Å²) in [5, 5.41) is 4.14. The van der Waals surface area contributed by atoms with E-state index >= 15 is 0 Å². The third-order valence-corrected chi connectivity index (χ3v) is 4.78. The SMILES string of the molecule is O=c1c2c(c3ccccc3c3ccccc13)C=CC(Br)C2. The molecule has 3 aromatic carbocycles. The first-order chi connectivity index (χ1) is 10.3. The number of fused-ring (bicyclic) bond motifs is 5. The fourth-order valence-electron chi connectivity index (χ4n) is 3.17. The molecule has 21 heavy (non-hydrogen) atoms. The van der Waals surface area contributed by atoms with E-state index in [0.29, 0.717) is 0 Å². The van der Waals surface area contributed by atoms with Crippen molar-refractivity contribution in [2.45, 2.75) is 11.2 Å². The smallest absolute Gasteiger partial charge is 0.190 e. The van der Waals surface area contributed by atoms with Gasteiger partial charge in [0.15, 0.2) is 5.43 Å². The fraction of sp³-hybridized carbons (Fsp3) is 0.105. The van der Waals surface area contributed by atoms with Crippen LogP contribution in [0.3, 0.4) is 0 Å². The van der Waals surface area contributed by atoms with Crippen LogP contribution in [0.15, 0.2) is 59.4 Å². The Morgan fingerprint density at radius 2 is 1.43 bits per heavy atom. The Balaban J connectivity index is 2.36. The minimum absolute atomic E-state index is 0.158. The predicted molar refractivity (Wildman–Crippen MR) is 93.2 cm³/mol. The Bertz CT molecular complexity index is 956. The molecule has 102 valence electrons. The van der Waals surface area contributed by atoms with Crippen LogP contribution in [0.25, 0.3) is 27.6 Å². The topological polar surface area (TPSA) is 17.1 Å². The summed E-state index contributed by atoms with van der Waals surface area (Å²) in [6, 6.07) is 16.2. The van der Waals surface area contributed by atoms with Gasteiger partial charge in [-0.3, -0.25) is 4.79 Å². The quantitative estimate of drug-likeness (QED) is 0.544. The van der Waals surface area contributed by atoms with Crippen LogP contribution in [-0.4, -0.2) is 4.83 Å². The molecule has 4 rings (SSSR count). The van der Waals surface area contributed by atoms with Crippen molar-refractivity contribution in [2.24, 2.45) is 0 Å². The first-order valence-electron chi connectivity index (χ1n) is 7.04. The van der Waals surface area contributed by atoms with E-state index in [1.54, 1.807) is 0 Å². The lowest BCUT2D eigenvalue weighted by Gasteiger charge is -2.12. The Morgan fingerprint density at radius 1 is 0.857 bits per heavy atom. The van der Waals surface area contributed by atoms with Crippen LogP contribution in [0, 0.1) is 0 Å². The van der Waals surface area contributed by atoms with Crippen LogP contribution in [0.5, 0.6) is 0 Å². The summed E-state index contributed by atoms with van der Waals surface area (Å²) in [6.45, 7) is 0. The maximum Gasteiger partial charge on any atom is 0.190 e. The van der Waals surface area contributed by atoms with Gasteiger partial charge >= 0.3 is 0 Å². The van der Waals surface area contributed by atoms with Crippen molar-refractivity contribution in [2.75, 3.05) is 0 Å². The Labute approximate surface area is 131 Å². The largest absolute Gasteiger partial charge is 0.289 e. The highest BCUT2D eigenvalue weighted by Gasteiger charge is 2.17. The van der Waals surface area contributed by atoms with E-state index in [1.807, 2.05) is 36.4 Å². The molecule has 1 atom stereocenters. The van der Waals surface area contributed by atoms with Crippen molar-refractivity contribution in [1.29, 1.82) is 0 Å². The molecule has 0 heterocycles. The normalized spacial score (nSPS) is 17.1. The molecule has 0 amide bonds. The molecular formula is C19H13BrO. The third kappa shape index (κ3) is 1.94. The molecule has 0 N–H and O–H groups in total. The summed E-state index contributed by atoms with van der Waals surface area (Å²) in [5.41, 5.74) is 2.14. The maximum absolute atomic E-state index is 13.0. The highest BCUT2D eigenvalue weighted by molar-refractivity contribution is 9.09. The van der Waals surface area contributed by atoms with E-state index in [9.17, 15) is 4.79 Å². The van der Waals surface area contributed by atoms with Gasteiger partial charge in [0, 0.05) is 15.8 Å². The Kier molecular flexibility index (Phi) is 2.93. The molecule has 0 aliphatic heterocycles. The molecule has 2 heteroatoms. The predicted octanol–water partition coefficient (Wildman–Crippen LogP) is 4.69. The minimum atomic E-state index is 0.158. The van der Waals surface area contributed by atoms with E-state index in [0.717, 1.165) is 39.1 Å². The van der Waals surface area contributed by atoms with Gasteiger partial charge in [0.1, 0.15) is 0 Å². The number of halogens is 1. The van der Waals surface area contributed by atoms with Gasteiger partial charge in [0.05, 0.1) is 0 Å². The number of benzene rings is 2. The highest BCUT2D eigenvalue weighted by Crippen LogP contribution is 2.30. The summed E-state index contributed by atoms with van der Waals surface area (Å²) >= 11 is 3.61. The van der Waals surface area contributed by atoms with Crippen LogP contribution in [0.1, 0.15) is 11.1 Å². The van der Waals surface area contributed by atoms with Gasteiger partial charge in [-0.15, -0.1) is 0 Å². The first kappa shape index (κ1) is 12.8. The Morgan fingerprint density at radius 3 is 2.14 bits per heavy atom. The standard InChI is InChI=1S/C19H13BrO/c20-12-9-10-16-14-6-2-1-5-13(14)15-7-3-4-8-17(15)19(21)18(16)11-12/h1-10,12H,11H2. The van der Waals surface area contributed by atoms with E-state index in [4.69, 9.17) is 0 Å². The van der Waals surface area contributed by atoms with Crippen molar-refractivity contribution in [1.82, 2.24) is 0 Å². The second-order valence-electron chi connectivity index (χ2n) is 5.39. The second kappa shape index (κ2) is 4.81. The minimum Gasteiger partial charge on any atom is -0.289 e. The van der Waals surface area contributed by atoms with Gasteiger partial charge in [-0.05, 0) is 28.1 Å². The zero-order chi connectivity index (χ0) is 14.4. The van der Waals surface area contributed by atoms with Crippen molar-refractivity contribution >= 4 is 43.6 Å². The van der Waals surface area contributed by atoms with E-state index in [2.05, 4.69) is 40.2 Å². The lowest BCUT2D eigenvalue weighted by Crippen LogP contribution is -2.15. The summed E-state index contributed by atoms with van der Waals surface area (Å²) in [6.07, 6.45) is 4.95. The lowest BCUT2D eigenvalue weighted by atomic mass is 9.96. The molecule has 3 aromatic rings. The highest BCUT2D eigenvalue weighted by atomic mass is 79.9. The lowest BCUT2D eigenvalue weighted by molar-refractivity contribution is 1.02. The number of rotatable bonds is 0. The number of alkyl halides is 1. The van der Waals surface area contributed by atoms with Gasteiger partial charge in [-0.2, -0.15) is 0 Å². The average molecular weight is 337 g/mol. The molecule has 1 nitrogen and oxygen atoms in total. The van der Waals surface area contributed by atoms with Crippen molar-refractivity contribution in [3.63, 3.8) is 0 Å². The summed E-state index contributed by atoms with van der Waals surface area (Å²) in [5.74, 6) is 0. The van der Waals surface area contributed by atoms with Gasteiger partial charge < -0.3 is 0 Å².